The second-order valence-electron chi connectivity index (χ2n) is 6.88. The quantitative estimate of drug-likeness (QED) is 0.437. The van der Waals surface area contributed by atoms with Gasteiger partial charge in [-0.15, -0.1) is 0 Å². The minimum Gasteiger partial charge on any atom is -0.487 e. The van der Waals surface area contributed by atoms with E-state index in [1.165, 1.54) is 6.33 Å². The summed E-state index contributed by atoms with van der Waals surface area (Å²) in [6, 6.07) is 12.6. The summed E-state index contributed by atoms with van der Waals surface area (Å²) in [6.07, 6.45) is 4.38. The molecule has 3 aromatic rings. The molecular weight excluding hydrogens is 441 g/mol. The van der Waals surface area contributed by atoms with Gasteiger partial charge in [0.2, 0.25) is 5.79 Å². The summed E-state index contributed by atoms with van der Waals surface area (Å²) in [7, 11) is 0. The van der Waals surface area contributed by atoms with Crippen molar-refractivity contribution in [3.63, 3.8) is 0 Å². The summed E-state index contributed by atoms with van der Waals surface area (Å²) in [5, 5.41) is 5.15. The van der Waals surface area contributed by atoms with Gasteiger partial charge in [0, 0.05) is 10.6 Å². The molecule has 1 aromatic heterocycles. The van der Waals surface area contributed by atoms with Gasteiger partial charge in [-0.05, 0) is 24.3 Å². The predicted molar refractivity (Wildman–Crippen MR) is 117 cm³/mol. The van der Waals surface area contributed by atoms with Crippen LogP contribution in [0.4, 0.5) is 0 Å². The first-order valence-electron chi connectivity index (χ1n) is 9.65. The molecule has 0 spiro atoms. The van der Waals surface area contributed by atoms with Crippen LogP contribution in [0.25, 0.3) is 0 Å². The molecule has 4 rings (SSSR count). The number of para-hydroxylation sites is 2. The van der Waals surface area contributed by atoms with Gasteiger partial charge in [0.05, 0.1) is 11.6 Å². The summed E-state index contributed by atoms with van der Waals surface area (Å²) >= 11 is 12.6. The first-order valence-corrected chi connectivity index (χ1v) is 10.4. The summed E-state index contributed by atoms with van der Waals surface area (Å²) in [4.78, 5) is 4.00. The SMILES string of the molecule is C=CCOc1ccccc1OC[C@@H]1CO[C@](Cn2cncn2)(c2ccc(Cl)cc2Cl)O1. The number of ether oxygens (including phenoxy) is 4. The van der Waals surface area contributed by atoms with E-state index >= 15 is 0 Å². The highest BCUT2D eigenvalue weighted by atomic mass is 35.5. The average Bonchev–Trinajstić information content (AvgIpc) is 3.42. The van der Waals surface area contributed by atoms with Crippen molar-refractivity contribution in [1.29, 1.82) is 0 Å². The van der Waals surface area contributed by atoms with Crippen molar-refractivity contribution in [3.8, 4) is 11.5 Å². The van der Waals surface area contributed by atoms with Crippen LogP contribution in [0.15, 0.2) is 67.8 Å². The fourth-order valence-corrected chi connectivity index (χ4v) is 3.85. The molecule has 162 valence electrons. The van der Waals surface area contributed by atoms with Crippen LogP contribution < -0.4 is 9.47 Å². The van der Waals surface area contributed by atoms with Crippen molar-refractivity contribution in [2.75, 3.05) is 19.8 Å². The Balaban J connectivity index is 1.52. The van der Waals surface area contributed by atoms with Crippen molar-refractivity contribution < 1.29 is 18.9 Å². The third kappa shape index (κ3) is 5.02. The molecule has 0 amide bonds. The maximum atomic E-state index is 6.48. The van der Waals surface area contributed by atoms with Crippen LogP contribution in [-0.2, 0) is 21.8 Å². The molecule has 1 fully saturated rings. The van der Waals surface area contributed by atoms with Gasteiger partial charge >= 0.3 is 0 Å². The van der Waals surface area contributed by atoms with Crippen LogP contribution in [-0.4, -0.2) is 40.7 Å². The van der Waals surface area contributed by atoms with Crippen LogP contribution in [0, 0.1) is 0 Å². The molecular formula is C22H21Cl2N3O4. The minimum atomic E-state index is -1.15. The van der Waals surface area contributed by atoms with Gasteiger partial charge in [0.1, 0.15) is 38.5 Å². The Bertz CT molecular complexity index is 1030. The number of nitrogens with zero attached hydrogens (tertiary/aromatic N) is 3. The normalized spacial score (nSPS) is 20.5. The molecule has 0 bridgehead atoms. The van der Waals surface area contributed by atoms with Crippen LogP contribution in [0.3, 0.4) is 0 Å². The van der Waals surface area contributed by atoms with Crippen LogP contribution >= 0.6 is 23.2 Å². The molecule has 1 aliphatic heterocycles. The number of hydrogen-bond acceptors (Lipinski definition) is 6. The highest BCUT2D eigenvalue weighted by Gasteiger charge is 2.45. The summed E-state index contributed by atoms with van der Waals surface area (Å²) in [6.45, 7) is 4.90. The number of hydrogen-bond donors (Lipinski definition) is 0. The highest BCUT2D eigenvalue weighted by Crippen LogP contribution is 2.40. The van der Waals surface area contributed by atoms with E-state index in [9.17, 15) is 0 Å². The third-order valence-electron chi connectivity index (χ3n) is 4.67. The zero-order valence-electron chi connectivity index (χ0n) is 16.6. The van der Waals surface area contributed by atoms with Crippen molar-refractivity contribution in [2.45, 2.75) is 18.4 Å². The summed E-state index contributed by atoms with van der Waals surface area (Å²) < 4.78 is 25.8. The molecule has 2 heterocycles. The number of aromatic nitrogens is 3. The van der Waals surface area contributed by atoms with Crippen molar-refractivity contribution >= 4 is 23.2 Å². The average molecular weight is 462 g/mol. The molecule has 2 aromatic carbocycles. The molecule has 31 heavy (non-hydrogen) atoms. The molecule has 7 nitrogen and oxygen atoms in total. The van der Waals surface area contributed by atoms with E-state index in [1.54, 1.807) is 35.3 Å². The van der Waals surface area contributed by atoms with Gasteiger partial charge < -0.3 is 18.9 Å². The Morgan fingerprint density at radius 3 is 2.71 bits per heavy atom. The first-order chi connectivity index (χ1) is 15.1. The Morgan fingerprint density at radius 2 is 2.00 bits per heavy atom. The van der Waals surface area contributed by atoms with E-state index in [4.69, 9.17) is 42.1 Å². The Kier molecular flexibility index (Phi) is 6.77. The molecule has 0 N–H and O–H groups in total. The Labute approximate surface area is 190 Å². The zero-order valence-corrected chi connectivity index (χ0v) is 18.1. The minimum absolute atomic E-state index is 0.263. The smallest absolute Gasteiger partial charge is 0.217 e. The molecule has 1 aliphatic rings. The monoisotopic (exact) mass is 461 g/mol. The van der Waals surface area contributed by atoms with Crippen molar-refractivity contribution in [2.24, 2.45) is 0 Å². The van der Waals surface area contributed by atoms with Gasteiger partial charge in [-0.1, -0.05) is 54.1 Å². The lowest BCUT2D eigenvalue weighted by Crippen LogP contribution is -2.35. The van der Waals surface area contributed by atoms with Gasteiger partial charge in [-0.25, -0.2) is 9.67 Å². The maximum Gasteiger partial charge on any atom is 0.217 e. The van der Waals surface area contributed by atoms with Gasteiger partial charge in [0.15, 0.2) is 11.5 Å². The largest absolute Gasteiger partial charge is 0.487 e. The fourth-order valence-electron chi connectivity index (χ4n) is 3.30. The standard InChI is InChI=1S/C22H21Cl2N3O4/c1-2-9-28-20-5-3-4-6-21(20)29-11-17-12-30-22(31-17,13-27-15-25-14-26-27)18-8-7-16(23)10-19(18)24/h2-8,10,14-15,17H,1,9,11-13H2/t17-,22+/m1/s1. The van der Waals surface area contributed by atoms with Gasteiger partial charge in [0.25, 0.3) is 0 Å². The molecule has 0 saturated carbocycles. The molecule has 0 aliphatic carbocycles. The van der Waals surface area contributed by atoms with Crippen LogP contribution in [0.5, 0.6) is 11.5 Å². The number of rotatable bonds is 9. The van der Waals surface area contributed by atoms with Gasteiger partial charge in [-0.3, -0.25) is 0 Å². The second kappa shape index (κ2) is 9.70. The van der Waals surface area contributed by atoms with E-state index in [0.717, 1.165) is 0 Å². The lowest BCUT2D eigenvalue weighted by molar-refractivity contribution is -0.190. The third-order valence-corrected chi connectivity index (χ3v) is 5.22. The number of benzene rings is 2. The van der Waals surface area contributed by atoms with Crippen LogP contribution in [0.1, 0.15) is 5.56 Å². The Hall–Kier alpha value is -2.58. The zero-order chi connectivity index (χ0) is 21.7. The Morgan fingerprint density at radius 1 is 1.19 bits per heavy atom. The fraction of sp³-hybridized carbons (Fsp3) is 0.273. The van der Waals surface area contributed by atoms with Crippen molar-refractivity contribution in [1.82, 2.24) is 14.8 Å². The van der Waals surface area contributed by atoms with Crippen molar-refractivity contribution in [3.05, 3.63) is 83.4 Å². The maximum absolute atomic E-state index is 6.48. The first kappa shape index (κ1) is 21.6. The van der Waals surface area contributed by atoms with E-state index in [2.05, 4.69) is 16.7 Å². The second-order valence-corrected chi connectivity index (χ2v) is 7.72. The molecule has 9 heteroatoms. The van der Waals surface area contributed by atoms with E-state index in [-0.39, 0.29) is 19.3 Å². The number of halogens is 2. The summed E-state index contributed by atoms with van der Waals surface area (Å²) in [5.41, 5.74) is 0.659. The highest BCUT2D eigenvalue weighted by molar-refractivity contribution is 6.35. The van der Waals surface area contributed by atoms with Crippen LogP contribution in [0.2, 0.25) is 10.0 Å². The molecule has 0 radical (unpaired) electrons. The topological polar surface area (TPSA) is 67.6 Å². The van der Waals surface area contributed by atoms with E-state index in [1.807, 2.05) is 24.3 Å². The van der Waals surface area contributed by atoms with Gasteiger partial charge in [-0.2, -0.15) is 5.10 Å². The lowest BCUT2D eigenvalue weighted by Gasteiger charge is -2.29. The molecule has 0 unspecified atom stereocenters. The molecule has 1 saturated heterocycles. The molecule has 2 atom stereocenters. The lowest BCUT2D eigenvalue weighted by atomic mass is 10.1. The van der Waals surface area contributed by atoms with E-state index in [0.29, 0.717) is 40.3 Å². The van der Waals surface area contributed by atoms with E-state index < -0.39 is 5.79 Å². The summed E-state index contributed by atoms with van der Waals surface area (Å²) in [5.74, 6) is 0.101. The predicted octanol–water partition coefficient (Wildman–Crippen LogP) is 4.50.